The fourth-order valence-corrected chi connectivity index (χ4v) is 3.62. The summed E-state index contributed by atoms with van der Waals surface area (Å²) in [5.74, 6) is -1.47. The molecular formula is C25H21N4O2-. The molecule has 154 valence electrons. The van der Waals surface area contributed by atoms with Crippen molar-refractivity contribution in [3.63, 3.8) is 0 Å². The first kappa shape index (κ1) is 20.0. The molecule has 4 aromatic rings. The molecule has 31 heavy (non-hydrogen) atoms. The number of anilines is 1. The molecule has 6 nitrogen and oxygen atoms in total. The fraction of sp³-hybridized carbons (Fsp3) is 0.120. The van der Waals surface area contributed by atoms with Crippen LogP contribution in [-0.2, 0) is 0 Å². The number of aromatic nitrogens is 2. The van der Waals surface area contributed by atoms with Gasteiger partial charge < -0.3 is 10.0 Å². The maximum Gasteiger partial charge on any atom is 0.275 e. The van der Waals surface area contributed by atoms with Crippen molar-refractivity contribution in [3.05, 3.63) is 106 Å². The zero-order chi connectivity index (χ0) is 22.0. The van der Waals surface area contributed by atoms with Gasteiger partial charge in [-0.3, -0.25) is 9.48 Å². The predicted molar refractivity (Wildman–Crippen MR) is 119 cm³/mol. The van der Waals surface area contributed by atoms with Crippen LogP contribution in [-0.4, -0.2) is 23.5 Å². The first-order valence-electron chi connectivity index (χ1n) is 9.85. The van der Waals surface area contributed by atoms with Crippen molar-refractivity contribution >= 4 is 5.69 Å². The van der Waals surface area contributed by atoms with Gasteiger partial charge in [-0.2, -0.15) is 5.26 Å². The highest BCUT2D eigenvalue weighted by atomic mass is 16.3. The zero-order valence-electron chi connectivity index (χ0n) is 17.3. The smallest absolute Gasteiger partial charge is 0.275 e. The normalized spacial score (nSPS) is 11.6. The molecule has 0 saturated heterocycles. The third-order valence-electron chi connectivity index (χ3n) is 5.21. The van der Waals surface area contributed by atoms with Crippen LogP contribution in [0, 0.1) is 11.3 Å². The zero-order valence-corrected chi connectivity index (χ0v) is 17.3. The van der Waals surface area contributed by atoms with E-state index in [-0.39, 0.29) is 5.56 Å². The lowest BCUT2D eigenvalue weighted by Crippen LogP contribution is -2.22. The summed E-state index contributed by atoms with van der Waals surface area (Å²) in [6.45, 7) is 0. The first-order valence-corrected chi connectivity index (χ1v) is 9.85. The number of nitrogens with zero attached hydrogens (tertiary/aromatic N) is 4. The summed E-state index contributed by atoms with van der Waals surface area (Å²) in [5, 5.41) is 23.5. The Morgan fingerprint density at radius 3 is 1.84 bits per heavy atom. The molecule has 0 bridgehead atoms. The lowest BCUT2D eigenvalue weighted by atomic mass is 9.94. The van der Waals surface area contributed by atoms with Crippen molar-refractivity contribution in [1.29, 1.82) is 5.26 Å². The number of para-hydroxylation sites is 2. The molecule has 0 fully saturated rings. The SMILES string of the molecule is CN(C)c1ccc(C(C#N)c2c([O-])n(-c3ccccc3)n(-c3ccccc3)c2=O)cc1. The average molecular weight is 409 g/mol. The van der Waals surface area contributed by atoms with Gasteiger partial charge in [0, 0.05) is 19.8 Å². The van der Waals surface area contributed by atoms with Crippen molar-refractivity contribution in [3.8, 4) is 23.3 Å². The molecule has 1 unspecified atom stereocenters. The molecule has 1 atom stereocenters. The molecule has 0 saturated carbocycles. The van der Waals surface area contributed by atoms with Crippen LogP contribution in [0.5, 0.6) is 5.88 Å². The van der Waals surface area contributed by atoms with E-state index >= 15 is 0 Å². The minimum Gasteiger partial charge on any atom is -0.858 e. The fourth-order valence-electron chi connectivity index (χ4n) is 3.62. The van der Waals surface area contributed by atoms with Crippen LogP contribution in [0.2, 0.25) is 0 Å². The number of hydrogen-bond donors (Lipinski definition) is 0. The van der Waals surface area contributed by atoms with Gasteiger partial charge in [-0.05, 0) is 47.8 Å². The van der Waals surface area contributed by atoms with Crippen LogP contribution >= 0.6 is 0 Å². The third kappa shape index (κ3) is 3.58. The van der Waals surface area contributed by atoms with Gasteiger partial charge in [0.1, 0.15) is 5.92 Å². The Morgan fingerprint density at radius 1 is 0.839 bits per heavy atom. The summed E-state index contributed by atoms with van der Waals surface area (Å²) in [5.41, 5.74) is 2.12. The van der Waals surface area contributed by atoms with Crippen LogP contribution in [0.4, 0.5) is 5.69 Å². The van der Waals surface area contributed by atoms with Gasteiger partial charge in [0.15, 0.2) is 0 Å². The van der Waals surface area contributed by atoms with Gasteiger partial charge in [-0.25, -0.2) is 4.68 Å². The van der Waals surface area contributed by atoms with Gasteiger partial charge in [-0.15, -0.1) is 0 Å². The monoisotopic (exact) mass is 409 g/mol. The lowest BCUT2D eigenvalue weighted by molar-refractivity contribution is -0.279. The second kappa shape index (κ2) is 8.25. The highest BCUT2D eigenvalue weighted by molar-refractivity contribution is 5.52. The Labute approximate surface area is 180 Å². The number of benzene rings is 3. The summed E-state index contributed by atoms with van der Waals surface area (Å²) in [6, 6.07) is 27.4. The number of nitriles is 1. The van der Waals surface area contributed by atoms with E-state index in [1.807, 2.05) is 43.3 Å². The van der Waals surface area contributed by atoms with Crippen LogP contribution < -0.4 is 15.6 Å². The van der Waals surface area contributed by atoms with Crippen LogP contribution in [0.25, 0.3) is 11.4 Å². The second-order valence-corrected chi connectivity index (χ2v) is 7.37. The molecule has 3 aromatic carbocycles. The third-order valence-corrected chi connectivity index (χ3v) is 5.21. The molecule has 0 radical (unpaired) electrons. The summed E-state index contributed by atoms with van der Waals surface area (Å²) in [6.07, 6.45) is 0. The van der Waals surface area contributed by atoms with E-state index in [4.69, 9.17) is 0 Å². The molecule has 0 N–H and O–H groups in total. The van der Waals surface area contributed by atoms with E-state index < -0.39 is 17.4 Å². The minimum atomic E-state index is -0.976. The van der Waals surface area contributed by atoms with Gasteiger partial charge in [0.2, 0.25) is 0 Å². The molecule has 1 heterocycles. The summed E-state index contributed by atoms with van der Waals surface area (Å²) in [4.78, 5) is 15.5. The van der Waals surface area contributed by atoms with Crippen molar-refractivity contribution in [2.24, 2.45) is 0 Å². The lowest BCUT2D eigenvalue weighted by Gasteiger charge is -2.19. The Hall–Kier alpha value is -4.24. The van der Waals surface area contributed by atoms with E-state index in [9.17, 15) is 15.2 Å². The quantitative estimate of drug-likeness (QED) is 0.506. The Balaban J connectivity index is 1.96. The molecule has 4 rings (SSSR count). The maximum absolute atomic E-state index is 13.5. The Bertz CT molecular complexity index is 1280. The molecule has 0 spiro atoms. The van der Waals surface area contributed by atoms with Crippen LogP contribution in [0.15, 0.2) is 89.7 Å². The van der Waals surface area contributed by atoms with Crippen molar-refractivity contribution in [2.45, 2.75) is 5.92 Å². The van der Waals surface area contributed by atoms with Crippen molar-refractivity contribution < 1.29 is 5.11 Å². The van der Waals surface area contributed by atoms with Gasteiger partial charge in [-0.1, -0.05) is 48.5 Å². The largest absolute Gasteiger partial charge is 0.858 e. The van der Waals surface area contributed by atoms with Crippen molar-refractivity contribution in [1.82, 2.24) is 9.36 Å². The number of rotatable bonds is 5. The van der Waals surface area contributed by atoms with Crippen LogP contribution in [0.1, 0.15) is 17.0 Å². The van der Waals surface area contributed by atoms with E-state index in [0.29, 0.717) is 16.9 Å². The Morgan fingerprint density at radius 2 is 1.35 bits per heavy atom. The minimum absolute atomic E-state index is 0.0622. The van der Waals surface area contributed by atoms with Gasteiger partial charge in [0.25, 0.3) is 5.56 Å². The van der Waals surface area contributed by atoms with E-state index in [2.05, 4.69) is 6.07 Å². The molecule has 0 aliphatic rings. The topological polar surface area (TPSA) is 77.0 Å². The average Bonchev–Trinajstić information content (AvgIpc) is 3.06. The predicted octanol–water partition coefficient (Wildman–Crippen LogP) is 3.42. The molecular weight excluding hydrogens is 388 g/mol. The Kier molecular flexibility index (Phi) is 5.33. The maximum atomic E-state index is 13.5. The summed E-state index contributed by atoms with van der Waals surface area (Å²) >= 11 is 0. The second-order valence-electron chi connectivity index (χ2n) is 7.37. The molecule has 6 heteroatoms. The van der Waals surface area contributed by atoms with E-state index in [0.717, 1.165) is 5.69 Å². The van der Waals surface area contributed by atoms with E-state index in [1.165, 1.54) is 9.36 Å². The highest BCUT2D eigenvalue weighted by Gasteiger charge is 2.25. The first-order chi connectivity index (χ1) is 15.0. The highest BCUT2D eigenvalue weighted by Crippen LogP contribution is 2.31. The van der Waals surface area contributed by atoms with E-state index in [1.54, 1.807) is 60.7 Å². The van der Waals surface area contributed by atoms with Crippen molar-refractivity contribution in [2.75, 3.05) is 19.0 Å². The van der Waals surface area contributed by atoms with Gasteiger partial charge >= 0.3 is 0 Å². The number of hydrogen-bond acceptors (Lipinski definition) is 4. The molecule has 0 aliphatic carbocycles. The molecule has 0 aliphatic heterocycles. The summed E-state index contributed by atoms with van der Waals surface area (Å²) in [7, 11) is 3.84. The standard InChI is InChI=1S/C25H22N4O2/c1-27(2)19-15-13-18(14-16-19)22(17-26)23-24(30)28(20-9-5-3-6-10-20)29(25(23)31)21-11-7-4-8-12-21/h3-16,22,30H,1-2H3/p-1. The van der Waals surface area contributed by atoms with Crippen LogP contribution in [0.3, 0.4) is 0 Å². The van der Waals surface area contributed by atoms with Gasteiger partial charge in [0.05, 0.1) is 23.0 Å². The molecule has 0 amide bonds. The summed E-state index contributed by atoms with van der Waals surface area (Å²) < 4.78 is 2.68. The molecule has 1 aromatic heterocycles.